The standard InChI is InChI=1S/C37H24F6N2O6/c1-19-29(33(48)44-31(19)46)21-3-11-25(12-4-21)50-27-15-7-23(8-16-27)35(36(38,39)40,37(41,42)43)24-9-17-28(18-10-24)51-26-13-5-22(6-14-26)30-20(2)32(47)45-34(30)49/h3-18H,1-2H3,(H,44,46,48)(H,45,47,49). The van der Waals surface area contributed by atoms with E-state index in [-0.39, 0.29) is 45.3 Å². The lowest BCUT2D eigenvalue weighted by Crippen LogP contribution is -2.54. The molecule has 51 heavy (non-hydrogen) atoms. The van der Waals surface area contributed by atoms with Crippen molar-refractivity contribution in [3.63, 3.8) is 0 Å². The maximum absolute atomic E-state index is 14.7. The summed E-state index contributed by atoms with van der Waals surface area (Å²) in [6, 6.07) is 18.4. The van der Waals surface area contributed by atoms with Gasteiger partial charge >= 0.3 is 12.4 Å². The predicted octanol–water partition coefficient (Wildman–Crippen LogP) is 7.54. The van der Waals surface area contributed by atoms with Crippen molar-refractivity contribution in [2.24, 2.45) is 0 Å². The zero-order valence-electron chi connectivity index (χ0n) is 26.5. The van der Waals surface area contributed by atoms with Crippen LogP contribution in [0.4, 0.5) is 26.3 Å². The van der Waals surface area contributed by atoms with Gasteiger partial charge in [0.15, 0.2) is 0 Å². The highest BCUT2D eigenvalue weighted by Crippen LogP contribution is 2.56. The third kappa shape index (κ3) is 6.13. The van der Waals surface area contributed by atoms with Crippen LogP contribution in [0.2, 0.25) is 0 Å². The van der Waals surface area contributed by atoms with Crippen LogP contribution in [0.5, 0.6) is 23.0 Å². The Morgan fingerprint density at radius 2 is 0.706 bits per heavy atom. The molecule has 0 unspecified atom stereocenters. The van der Waals surface area contributed by atoms with Crippen molar-refractivity contribution in [3.8, 4) is 23.0 Å². The second-order valence-corrected chi connectivity index (χ2v) is 11.6. The highest BCUT2D eigenvalue weighted by atomic mass is 19.4. The second kappa shape index (κ2) is 12.6. The fourth-order valence-corrected chi connectivity index (χ4v) is 5.96. The van der Waals surface area contributed by atoms with Crippen molar-refractivity contribution < 1.29 is 55.0 Å². The molecule has 2 N–H and O–H groups in total. The molecule has 260 valence electrons. The summed E-state index contributed by atoms with van der Waals surface area (Å²) in [6.45, 7) is 2.97. The zero-order chi connectivity index (χ0) is 36.9. The van der Waals surface area contributed by atoms with Crippen LogP contribution in [-0.2, 0) is 24.6 Å². The number of ether oxygens (including phenoxy) is 2. The Bertz CT molecular complexity index is 1980. The highest BCUT2D eigenvalue weighted by Gasteiger charge is 2.72. The molecule has 0 saturated carbocycles. The number of nitrogens with one attached hydrogen (secondary N) is 2. The summed E-state index contributed by atoms with van der Waals surface area (Å²) >= 11 is 0. The van der Waals surface area contributed by atoms with Gasteiger partial charge in [0.25, 0.3) is 23.6 Å². The Labute approximate surface area is 285 Å². The molecule has 2 aliphatic heterocycles. The second-order valence-electron chi connectivity index (χ2n) is 11.6. The molecule has 6 rings (SSSR count). The van der Waals surface area contributed by atoms with Gasteiger partial charge in [-0.05, 0) is 84.6 Å². The SMILES string of the molecule is CC1=C(c2ccc(Oc3ccc(C(c4ccc(Oc5ccc(C6=C(C)C(=O)NC6=O)cc5)cc4)(C(F)(F)F)C(F)(F)F)cc3)cc2)C(=O)NC1=O. The van der Waals surface area contributed by atoms with Crippen LogP contribution in [0.15, 0.2) is 108 Å². The number of hydrogen-bond donors (Lipinski definition) is 2. The summed E-state index contributed by atoms with van der Waals surface area (Å²) in [6.07, 6.45) is -11.7. The number of imide groups is 2. The van der Waals surface area contributed by atoms with Gasteiger partial charge in [-0.3, -0.25) is 29.8 Å². The number of carbonyl (C=O) groups excluding carboxylic acids is 4. The van der Waals surface area contributed by atoms with Gasteiger partial charge in [0.05, 0.1) is 11.1 Å². The lowest BCUT2D eigenvalue weighted by atomic mass is 9.73. The molecule has 0 spiro atoms. The van der Waals surface area contributed by atoms with Crippen LogP contribution in [0.25, 0.3) is 11.1 Å². The van der Waals surface area contributed by atoms with E-state index >= 15 is 0 Å². The fourth-order valence-electron chi connectivity index (χ4n) is 5.96. The molecular weight excluding hydrogens is 682 g/mol. The lowest BCUT2D eigenvalue weighted by Gasteiger charge is -2.38. The minimum Gasteiger partial charge on any atom is -0.457 e. The number of amides is 4. The van der Waals surface area contributed by atoms with Crippen LogP contribution >= 0.6 is 0 Å². The molecule has 14 heteroatoms. The summed E-state index contributed by atoms with van der Waals surface area (Å²) in [5.74, 6) is -1.98. The quantitative estimate of drug-likeness (QED) is 0.145. The van der Waals surface area contributed by atoms with Crippen molar-refractivity contribution in [3.05, 3.63) is 130 Å². The van der Waals surface area contributed by atoms with Crippen LogP contribution in [0.1, 0.15) is 36.1 Å². The number of hydrogen-bond acceptors (Lipinski definition) is 6. The first kappa shape index (κ1) is 34.7. The molecule has 2 aliphatic rings. The number of carbonyl (C=O) groups is 4. The smallest absolute Gasteiger partial charge is 0.411 e. The van der Waals surface area contributed by atoms with Crippen molar-refractivity contribution >= 4 is 34.8 Å². The molecular formula is C37H24F6N2O6. The Balaban J connectivity index is 1.24. The number of benzene rings is 4. The van der Waals surface area contributed by atoms with Gasteiger partial charge in [-0.25, -0.2) is 0 Å². The Hall–Kier alpha value is -6.18. The summed E-state index contributed by atoms with van der Waals surface area (Å²) in [4.78, 5) is 47.7. The van der Waals surface area contributed by atoms with E-state index < -0.39 is 52.5 Å². The van der Waals surface area contributed by atoms with E-state index in [0.717, 1.165) is 24.3 Å². The average Bonchev–Trinajstić information content (AvgIpc) is 3.48. The first-order valence-corrected chi connectivity index (χ1v) is 15.1. The topological polar surface area (TPSA) is 111 Å². The summed E-state index contributed by atoms with van der Waals surface area (Å²) in [5, 5.41) is 4.35. The third-order valence-corrected chi connectivity index (χ3v) is 8.52. The minimum atomic E-state index is -5.83. The van der Waals surface area contributed by atoms with E-state index in [9.17, 15) is 45.5 Å². The van der Waals surface area contributed by atoms with Gasteiger partial charge in [0.1, 0.15) is 23.0 Å². The molecule has 0 saturated heterocycles. The number of halogens is 6. The van der Waals surface area contributed by atoms with E-state index in [4.69, 9.17) is 9.47 Å². The Kier molecular flexibility index (Phi) is 8.57. The minimum absolute atomic E-state index is 0.0599. The largest absolute Gasteiger partial charge is 0.457 e. The van der Waals surface area contributed by atoms with Gasteiger partial charge in [0.2, 0.25) is 5.41 Å². The molecule has 8 nitrogen and oxygen atoms in total. The summed E-state index contributed by atoms with van der Waals surface area (Å²) < 4.78 is 99.7. The predicted molar refractivity (Wildman–Crippen MR) is 170 cm³/mol. The molecule has 4 aromatic rings. The first-order chi connectivity index (χ1) is 24.0. The molecule has 0 fully saturated rings. The van der Waals surface area contributed by atoms with Gasteiger partial charge in [0, 0.05) is 11.1 Å². The Morgan fingerprint density at radius 1 is 0.431 bits per heavy atom. The highest BCUT2D eigenvalue weighted by molar-refractivity contribution is 6.36. The van der Waals surface area contributed by atoms with E-state index in [1.807, 2.05) is 0 Å². The third-order valence-electron chi connectivity index (χ3n) is 8.52. The molecule has 4 aromatic carbocycles. The van der Waals surface area contributed by atoms with Crippen molar-refractivity contribution in [1.29, 1.82) is 0 Å². The molecule has 0 radical (unpaired) electrons. The molecule has 0 bridgehead atoms. The maximum atomic E-state index is 14.7. The summed E-state index contributed by atoms with van der Waals surface area (Å²) in [7, 11) is 0. The number of alkyl halides is 6. The molecule has 0 aromatic heterocycles. The van der Waals surface area contributed by atoms with E-state index in [0.29, 0.717) is 35.4 Å². The maximum Gasteiger partial charge on any atom is 0.411 e. The average molecular weight is 707 g/mol. The van der Waals surface area contributed by atoms with Gasteiger partial charge < -0.3 is 9.47 Å². The van der Waals surface area contributed by atoms with E-state index in [1.54, 1.807) is 0 Å². The van der Waals surface area contributed by atoms with Crippen LogP contribution < -0.4 is 20.1 Å². The van der Waals surface area contributed by atoms with Crippen LogP contribution in [-0.4, -0.2) is 36.0 Å². The molecule has 0 atom stereocenters. The fraction of sp³-hybridized carbons (Fsp3) is 0.135. The van der Waals surface area contributed by atoms with Crippen LogP contribution in [0.3, 0.4) is 0 Å². The van der Waals surface area contributed by atoms with Crippen LogP contribution in [0, 0.1) is 0 Å². The zero-order valence-corrected chi connectivity index (χ0v) is 26.5. The Morgan fingerprint density at radius 3 is 0.941 bits per heavy atom. The van der Waals surface area contributed by atoms with Gasteiger partial charge in [-0.2, -0.15) is 26.3 Å². The first-order valence-electron chi connectivity index (χ1n) is 15.1. The van der Waals surface area contributed by atoms with E-state index in [2.05, 4.69) is 10.6 Å². The molecule has 0 aliphatic carbocycles. The van der Waals surface area contributed by atoms with E-state index in [1.165, 1.54) is 62.4 Å². The van der Waals surface area contributed by atoms with Gasteiger partial charge in [-0.15, -0.1) is 0 Å². The number of rotatable bonds is 8. The molecule has 4 amide bonds. The van der Waals surface area contributed by atoms with Crippen molar-refractivity contribution in [2.45, 2.75) is 31.6 Å². The van der Waals surface area contributed by atoms with Crippen molar-refractivity contribution in [2.75, 3.05) is 0 Å². The lowest BCUT2D eigenvalue weighted by molar-refractivity contribution is -0.288. The normalized spacial score (nSPS) is 15.4. The summed E-state index contributed by atoms with van der Waals surface area (Å²) in [5.41, 5.74) is -5.02. The van der Waals surface area contributed by atoms with Crippen molar-refractivity contribution in [1.82, 2.24) is 10.6 Å². The molecule has 2 heterocycles. The van der Waals surface area contributed by atoms with Gasteiger partial charge in [-0.1, -0.05) is 48.5 Å². The monoisotopic (exact) mass is 706 g/mol.